The largest absolute Gasteiger partial charge is 0.339 e. The number of likely N-dealkylation sites (tertiary alicyclic amines) is 1. The van der Waals surface area contributed by atoms with E-state index in [1.165, 1.54) is 24.2 Å². The monoisotopic (exact) mass is 318 g/mol. The van der Waals surface area contributed by atoms with Gasteiger partial charge in [-0.05, 0) is 32.1 Å². The van der Waals surface area contributed by atoms with Crippen molar-refractivity contribution in [1.29, 1.82) is 0 Å². The topological polar surface area (TPSA) is 72.1 Å². The Labute approximate surface area is 132 Å². The van der Waals surface area contributed by atoms with E-state index in [4.69, 9.17) is 4.52 Å². The van der Waals surface area contributed by atoms with Gasteiger partial charge >= 0.3 is 0 Å². The molecule has 7 heteroatoms. The predicted octanol–water partition coefficient (Wildman–Crippen LogP) is 2.64. The average molecular weight is 318 g/mol. The van der Waals surface area contributed by atoms with E-state index in [2.05, 4.69) is 15.1 Å². The van der Waals surface area contributed by atoms with Crippen molar-refractivity contribution in [3.8, 4) is 0 Å². The lowest BCUT2D eigenvalue weighted by Gasteiger charge is -2.23. The zero-order chi connectivity index (χ0) is 14.9. The molecule has 0 bridgehead atoms. The van der Waals surface area contributed by atoms with E-state index in [0.717, 1.165) is 43.9 Å². The van der Waals surface area contributed by atoms with Crippen molar-refractivity contribution in [2.75, 3.05) is 6.54 Å². The Hall–Kier alpha value is -1.76. The minimum Gasteiger partial charge on any atom is -0.339 e. The molecule has 1 aliphatic heterocycles. The summed E-state index contributed by atoms with van der Waals surface area (Å²) in [6.07, 6.45) is 6.09. The summed E-state index contributed by atoms with van der Waals surface area (Å²) in [5, 5.41) is 5.88. The van der Waals surface area contributed by atoms with Crippen molar-refractivity contribution in [1.82, 2.24) is 20.0 Å². The van der Waals surface area contributed by atoms with Crippen LogP contribution in [-0.2, 0) is 6.42 Å². The predicted molar refractivity (Wildman–Crippen MR) is 80.8 cm³/mol. The van der Waals surface area contributed by atoms with Gasteiger partial charge in [-0.25, -0.2) is 4.98 Å². The molecule has 4 rings (SSSR count). The molecule has 1 aliphatic carbocycles. The summed E-state index contributed by atoms with van der Waals surface area (Å²) in [6, 6.07) is 0.261. The van der Waals surface area contributed by atoms with Crippen LogP contribution in [0.5, 0.6) is 0 Å². The number of amides is 1. The molecule has 0 spiro atoms. The van der Waals surface area contributed by atoms with Crippen LogP contribution < -0.4 is 0 Å². The normalized spacial score (nSPS) is 21.5. The number of thiazole rings is 1. The molecule has 1 atom stereocenters. The molecule has 2 aromatic heterocycles. The molecule has 3 heterocycles. The third kappa shape index (κ3) is 2.77. The van der Waals surface area contributed by atoms with Gasteiger partial charge in [-0.2, -0.15) is 4.98 Å². The molecule has 2 aromatic rings. The lowest BCUT2D eigenvalue weighted by atomic mass is 10.1. The van der Waals surface area contributed by atoms with Crippen molar-refractivity contribution in [2.45, 2.75) is 50.5 Å². The standard InChI is InChI=1S/C15H18N4O2S/c20-15(12-8-22-9-16-12)19-7-1-2-11(19)5-6-13-17-14(21-18-13)10-3-4-10/h8-11H,1-7H2. The molecule has 0 aromatic carbocycles. The van der Waals surface area contributed by atoms with Crippen LogP contribution in [0, 0.1) is 0 Å². The summed E-state index contributed by atoms with van der Waals surface area (Å²) >= 11 is 1.46. The maximum Gasteiger partial charge on any atom is 0.273 e. The van der Waals surface area contributed by atoms with E-state index in [0.29, 0.717) is 11.6 Å². The second-order valence-electron chi connectivity index (χ2n) is 6.03. The molecular weight excluding hydrogens is 300 g/mol. The van der Waals surface area contributed by atoms with Gasteiger partial charge in [-0.1, -0.05) is 5.16 Å². The smallest absolute Gasteiger partial charge is 0.273 e. The number of carbonyl (C=O) groups is 1. The van der Waals surface area contributed by atoms with Crippen molar-refractivity contribution < 1.29 is 9.32 Å². The van der Waals surface area contributed by atoms with Gasteiger partial charge in [0.25, 0.3) is 5.91 Å². The fourth-order valence-corrected chi connectivity index (χ4v) is 3.56. The number of rotatable bonds is 5. The van der Waals surface area contributed by atoms with Gasteiger partial charge in [0.05, 0.1) is 5.51 Å². The Kier molecular flexibility index (Phi) is 3.65. The molecule has 1 saturated carbocycles. The highest BCUT2D eigenvalue weighted by Gasteiger charge is 2.32. The summed E-state index contributed by atoms with van der Waals surface area (Å²) < 4.78 is 5.29. The Bertz CT molecular complexity index is 650. The number of hydrogen-bond acceptors (Lipinski definition) is 6. The highest BCUT2D eigenvalue weighted by molar-refractivity contribution is 7.07. The number of hydrogen-bond donors (Lipinski definition) is 0. The lowest BCUT2D eigenvalue weighted by Crippen LogP contribution is -2.36. The molecule has 1 saturated heterocycles. The zero-order valence-corrected chi connectivity index (χ0v) is 13.1. The fraction of sp³-hybridized carbons (Fsp3) is 0.600. The van der Waals surface area contributed by atoms with Crippen molar-refractivity contribution >= 4 is 17.2 Å². The van der Waals surface area contributed by atoms with E-state index >= 15 is 0 Å². The Balaban J connectivity index is 1.37. The molecule has 0 radical (unpaired) electrons. The Morgan fingerprint density at radius 2 is 2.32 bits per heavy atom. The number of aryl methyl sites for hydroxylation is 1. The van der Waals surface area contributed by atoms with Crippen LogP contribution in [0.15, 0.2) is 15.4 Å². The second-order valence-corrected chi connectivity index (χ2v) is 6.75. The van der Waals surface area contributed by atoms with E-state index in [1.807, 2.05) is 10.3 Å². The number of carbonyl (C=O) groups excluding carboxylic acids is 1. The van der Waals surface area contributed by atoms with E-state index in [-0.39, 0.29) is 11.9 Å². The molecule has 22 heavy (non-hydrogen) atoms. The van der Waals surface area contributed by atoms with Gasteiger partial charge in [-0.3, -0.25) is 4.79 Å². The van der Waals surface area contributed by atoms with Crippen LogP contribution in [0.1, 0.15) is 60.2 Å². The maximum atomic E-state index is 12.5. The maximum absolute atomic E-state index is 12.5. The summed E-state index contributed by atoms with van der Waals surface area (Å²) in [7, 11) is 0. The van der Waals surface area contributed by atoms with Crippen molar-refractivity contribution in [3.05, 3.63) is 28.3 Å². The van der Waals surface area contributed by atoms with Crippen LogP contribution in [0.25, 0.3) is 0 Å². The molecule has 116 valence electrons. The molecule has 1 amide bonds. The third-order valence-corrected chi connectivity index (χ3v) is 4.99. The Morgan fingerprint density at radius 3 is 3.09 bits per heavy atom. The minimum absolute atomic E-state index is 0.0514. The summed E-state index contributed by atoms with van der Waals surface area (Å²) in [5.74, 6) is 2.11. The second kappa shape index (κ2) is 5.79. The molecule has 2 aliphatic rings. The first-order chi connectivity index (χ1) is 10.8. The molecular formula is C15H18N4O2S. The zero-order valence-electron chi connectivity index (χ0n) is 12.3. The molecule has 1 unspecified atom stereocenters. The average Bonchev–Trinajstić information content (AvgIpc) is 3.02. The van der Waals surface area contributed by atoms with Gasteiger partial charge in [0.2, 0.25) is 5.89 Å². The SMILES string of the molecule is O=C(c1cscn1)N1CCCC1CCc1noc(C2CC2)n1. The minimum atomic E-state index is 0.0514. The van der Waals surface area contributed by atoms with E-state index in [9.17, 15) is 4.79 Å². The van der Waals surface area contributed by atoms with Crippen LogP contribution in [0.4, 0.5) is 0 Å². The lowest BCUT2D eigenvalue weighted by molar-refractivity contribution is 0.0725. The van der Waals surface area contributed by atoms with Crippen LogP contribution in [-0.4, -0.2) is 38.5 Å². The van der Waals surface area contributed by atoms with Crippen LogP contribution in [0.3, 0.4) is 0 Å². The van der Waals surface area contributed by atoms with Crippen molar-refractivity contribution in [3.63, 3.8) is 0 Å². The first-order valence-corrected chi connectivity index (χ1v) is 8.77. The summed E-state index contributed by atoms with van der Waals surface area (Å²) in [5.41, 5.74) is 2.27. The van der Waals surface area contributed by atoms with E-state index < -0.39 is 0 Å². The van der Waals surface area contributed by atoms with Gasteiger partial charge < -0.3 is 9.42 Å². The van der Waals surface area contributed by atoms with Crippen molar-refractivity contribution in [2.24, 2.45) is 0 Å². The van der Waals surface area contributed by atoms with E-state index in [1.54, 1.807) is 5.51 Å². The fourth-order valence-electron chi connectivity index (χ4n) is 3.03. The first kappa shape index (κ1) is 13.9. The quantitative estimate of drug-likeness (QED) is 0.847. The third-order valence-electron chi connectivity index (χ3n) is 4.40. The highest BCUT2D eigenvalue weighted by Crippen LogP contribution is 2.38. The summed E-state index contributed by atoms with van der Waals surface area (Å²) in [6.45, 7) is 0.820. The van der Waals surface area contributed by atoms with Gasteiger partial charge in [-0.15, -0.1) is 11.3 Å². The number of nitrogens with zero attached hydrogens (tertiary/aromatic N) is 4. The number of aromatic nitrogens is 3. The highest BCUT2D eigenvalue weighted by atomic mass is 32.1. The molecule has 2 fully saturated rings. The molecule has 6 nitrogen and oxygen atoms in total. The van der Waals surface area contributed by atoms with Gasteiger partial charge in [0.15, 0.2) is 5.82 Å². The van der Waals surface area contributed by atoms with Gasteiger partial charge in [0.1, 0.15) is 5.69 Å². The summed E-state index contributed by atoms with van der Waals surface area (Å²) in [4.78, 5) is 23.0. The van der Waals surface area contributed by atoms with Crippen LogP contribution in [0.2, 0.25) is 0 Å². The van der Waals surface area contributed by atoms with Gasteiger partial charge in [0, 0.05) is 30.3 Å². The Morgan fingerprint density at radius 1 is 1.41 bits per heavy atom. The first-order valence-electron chi connectivity index (χ1n) is 7.83. The van der Waals surface area contributed by atoms with Crippen LogP contribution >= 0.6 is 11.3 Å². The molecule has 0 N–H and O–H groups in total.